The van der Waals surface area contributed by atoms with Gasteiger partial charge >= 0.3 is 0 Å². The predicted octanol–water partition coefficient (Wildman–Crippen LogP) is 2.77. The third-order valence-electron chi connectivity index (χ3n) is 3.29. The highest BCUT2D eigenvalue weighted by atomic mass is 79.9. The van der Waals surface area contributed by atoms with Crippen LogP contribution in [0.3, 0.4) is 0 Å². The molecule has 0 fully saturated rings. The molecule has 0 saturated heterocycles. The molecule has 5 heteroatoms. The van der Waals surface area contributed by atoms with Gasteiger partial charge < -0.3 is 9.30 Å². The summed E-state index contributed by atoms with van der Waals surface area (Å²) < 4.78 is 8.46. The lowest BCUT2D eigenvalue weighted by molar-refractivity contribution is -0.0171. The van der Waals surface area contributed by atoms with E-state index in [9.17, 15) is 0 Å². The molecule has 17 heavy (non-hydrogen) atoms. The smallest absolute Gasteiger partial charge is 0.181 e. The fourth-order valence-corrected chi connectivity index (χ4v) is 2.48. The Balaban J connectivity index is 2.46. The van der Waals surface area contributed by atoms with Gasteiger partial charge in [-0.2, -0.15) is 0 Å². The molecule has 0 bridgehead atoms. The summed E-state index contributed by atoms with van der Waals surface area (Å²) in [5.41, 5.74) is 1.56. The molecule has 0 aromatic carbocycles. The third kappa shape index (κ3) is 2.09. The number of rotatable bonds is 2. The Labute approximate surface area is 110 Å². The Morgan fingerprint density at radius 3 is 2.71 bits per heavy atom. The molecule has 0 radical (unpaired) electrons. The maximum atomic E-state index is 5.56. The number of aliphatic imine (C=N–C) groups is 1. The molecular weight excluding hydrogens is 282 g/mol. The van der Waals surface area contributed by atoms with Crippen molar-refractivity contribution < 1.29 is 4.74 Å². The zero-order chi connectivity index (χ0) is 12.6. The number of halogens is 1. The number of methoxy groups -OCH3 is 1. The molecular formula is C12H16BrN3O. The van der Waals surface area contributed by atoms with E-state index in [0.717, 1.165) is 16.0 Å². The van der Waals surface area contributed by atoms with E-state index in [0.29, 0.717) is 0 Å². The van der Waals surface area contributed by atoms with E-state index in [1.807, 2.05) is 26.3 Å². The monoisotopic (exact) mass is 297 g/mol. The number of hydrogen-bond donors (Lipinski definition) is 0. The van der Waals surface area contributed by atoms with Crippen molar-refractivity contribution in [3.05, 3.63) is 29.9 Å². The van der Waals surface area contributed by atoms with Gasteiger partial charge in [0.25, 0.3) is 0 Å². The van der Waals surface area contributed by atoms with Crippen LogP contribution in [0.25, 0.3) is 0 Å². The fourth-order valence-electron chi connectivity index (χ4n) is 1.98. The SMILES string of the molecule is COC1(C)N=C(Br)C=CC1n1cnc(C)c1C. The minimum atomic E-state index is -0.606. The number of aromatic nitrogens is 2. The first kappa shape index (κ1) is 12.5. The highest BCUT2D eigenvalue weighted by Crippen LogP contribution is 2.34. The van der Waals surface area contributed by atoms with Gasteiger partial charge in [-0.25, -0.2) is 9.98 Å². The zero-order valence-electron chi connectivity index (χ0n) is 10.4. The van der Waals surface area contributed by atoms with Crippen LogP contribution in [0.5, 0.6) is 0 Å². The van der Waals surface area contributed by atoms with Crippen LogP contribution >= 0.6 is 15.9 Å². The van der Waals surface area contributed by atoms with Crippen LogP contribution in [0.2, 0.25) is 0 Å². The molecule has 2 heterocycles. The Kier molecular flexibility index (Phi) is 3.23. The molecule has 0 amide bonds. The molecule has 4 nitrogen and oxygen atoms in total. The number of imidazole rings is 1. The zero-order valence-corrected chi connectivity index (χ0v) is 12.0. The molecule has 1 aromatic rings. The summed E-state index contributed by atoms with van der Waals surface area (Å²) in [4.78, 5) is 8.84. The molecule has 0 aliphatic carbocycles. The van der Waals surface area contributed by atoms with Crippen LogP contribution in [0.15, 0.2) is 23.5 Å². The van der Waals surface area contributed by atoms with Gasteiger partial charge in [-0.05, 0) is 42.8 Å². The van der Waals surface area contributed by atoms with E-state index in [2.05, 4.69) is 43.5 Å². The summed E-state index contributed by atoms with van der Waals surface area (Å²) in [6.45, 7) is 6.03. The van der Waals surface area contributed by atoms with Crippen LogP contribution in [0.1, 0.15) is 24.4 Å². The minimum absolute atomic E-state index is 0.0231. The molecule has 0 N–H and O–H groups in total. The van der Waals surface area contributed by atoms with Crippen molar-refractivity contribution in [3.8, 4) is 0 Å². The summed E-state index contributed by atoms with van der Waals surface area (Å²) in [5.74, 6) is 0. The van der Waals surface area contributed by atoms with Gasteiger partial charge in [0.2, 0.25) is 0 Å². The van der Waals surface area contributed by atoms with Gasteiger partial charge in [0.05, 0.1) is 12.0 Å². The molecule has 2 atom stereocenters. The van der Waals surface area contributed by atoms with Gasteiger partial charge in [0, 0.05) is 12.8 Å². The summed E-state index contributed by atoms with van der Waals surface area (Å²) in [6.07, 6.45) is 5.86. The van der Waals surface area contributed by atoms with Crippen molar-refractivity contribution in [2.45, 2.75) is 32.5 Å². The number of ether oxygens (including phenoxy) is 1. The molecule has 0 saturated carbocycles. The second kappa shape index (κ2) is 4.38. The number of nitrogens with zero attached hydrogens (tertiary/aromatic N) is 3. The Hall–Kier alpha value is -0.940. The first-order chi connectivity index (χ1) is 7.98. The van der Waals surface area contributed by atoms with Crippen molar-refractivity contribution in [1.29, 1.82) is 0 Å². The molecule has 2 unspecified atom stereocenters. The van der Waals surface area contributed by atoms with Gasteiger partial charge in [0.15, 0.2) is 5.72 Å². The highest BCUT2D eigenvalue weighted by molar-refractivity contribution is 9.18. The lowest BCUT2D eigenvalue weighted by Crippen LogP contribution is -2.38. The van der Waals surface area contributed by atoms with Gasteiger partial charge in [-0.1, -0.05) is 6.08 Å². The Bertz CT molecular complexity index is 492. The second-order valence-electron chi connectivity index (χ2n) is 4.32. The lowest BCUT2D eigenvalue weighted by atomic mass is 10.0. The summed E-state index contributed by atoms with van der Waals surface area (Å²) in [7, 11) is 1.68. The van der Waals surface area contributed by atoms with E-state index in [1.165, 1.54) is 0 Å². The van der Waals surface area contributed by atoms with Gasteiger partial charge in [-0.15, -0.1) is 0 Å². The third-order valence-corrected chi connectivity index (χ3v) is 3.73. The van der Waals surface area contributed by atoms with Crippen LogP contribution < -0.4 is 0 Å². The van der Waals surface area contributed by atoms with Crippen LogP contribution in [-0.4, -0.2) is 27.0 Å². The van der Waals surface area contributed by atoms with Crippen molar-refractivity contribution in [1.82, 2.24) is 9.55 Å². The molecule has 1 aliphatic heterocycles. The maximum absolute atomic E-state index is 5.56. The van der Waals surface area contributed by atoms with Gasteiger partial charge in [-0.3, -0.25) is 0 Å². The van der Waals surface area contributed by atoms with Crippen molar-refractivity contribution in [2.24, 2.45) is 4.99 Å². The van der Waals surface area contributed by atoms with E-state index >= 15 is 0 Å². The summed E-state index contributed by atoms with van der Waals surface area (Å²) in [5, 5.41) is 0. The van der Waals surface area contributed by atoms with Crippen molar-refractivity contribution >= 4 is 20.6 Å². The number of allylic oxidation sites excluding steroid dienone is 1. The minimum Gasteiger partial charge on any atom is -0.355 e. The molecule has 1 aromatic heterocycles. The standard InChI is InChI=1S/C12H16BrN3O/c1-8-9(2)16(7-14-8)10-5-6-11(13)15-12(10,3)17-4/h5-7,10H,1-4H3. The Morgan fingerprint density at radius 1 is 1.47 bits per heavy atom. The summed E-state index contributed by atoms with van der Waals surface area (Å²) in [6, 6.07) is 0.0231. The van der Waals surface area contributed by atoms with Gasteiger partial charge in [0.1, 0.15) is 10.7 Å². The summed E-state index contributed by atoms with van der Waals surface area (Å²) >= 11 is 3.39. The number of dihydropyridines is 1. The largest absolute Gasteiger partial charge is 0.355 e. The highest BCUT2D eigenvalue weighted by Gasteiger charge is 2.36. The van der Waals surface area contributed by atoms with E-state index < -0.39 is 5.72 Å². The topological polar surface area (TPSA) is 39.4 Å². The Morgan fingerprint density at radius 2 is 2.18 bits per heavy atom. The maximum Gasteiger partial charge on any atom is 0.181 e. The lowest BCUT2D eigenvalue weighted by Gasteiger charge is -2.34. The first-order valence-electron chi connectivity index (χ1n) is 5.46. The number of hydrogen-bond acceptors (Lipinski definition) is 3. The van der Waals surface area contributed by atoms with Crippen LogP contribution in [0, 0.1) is 13.8 Å². The average molecular weight is 298 g/mol. The second-order valence-corrected chi connectivity index (χ2v) is 5.13. The van der Waals surface area contributed by atoms with Crippen molar-refractivity contribution in [2.75, 3.05) is 7.11 Å². The van der Waals surface area contributed by atoms with Crippen molar-refractivity contribution in [3.63, 3.8) is 0 Å². The average Bonchev–Trinajstić information content (AvgIpc) is 2.61. The van der Waals surface area contributed by atoms with E-state index in [4.69, 9.17) is 4.74 Å². The quantitative estimate of drug-likeness (QED) is 0.842. The number of aryl methyl sites for hydroxylation is 1. The van der Waals surface area contributed by atoms with Crippen LogP contribution in [0.4, 0.5) is 0 Å². The molecule has 92 valence electrons. The normalized spacial score (nSPS) is 28.3. The first-order valence-corrected chi connectivity index (χ1v) is 6.26. The molecule has 1 aliphatic rings. The molecule has 2 rings (SSSR count). The van der Waals surface area contributed by atoms with Crippen LogP contribution in [-0.2, 0) is 4.74 Å². The molecule has 0 spiro atoms. The predicted molar refractivity (Wildman–Crippen MR) is 71.7 cm³/mol. The van der Waals surface area contributed by atoms with E-state index in [1.54, 1.807) is 7.11 Å². The fraction of sp³-hybridized carbons (Fsp3) is 0.500. The van der Waals surface area contributed by atoms with E-state index in [-0.39, 0.29) is 6.04 Å².